The molecule has 0 aliphatic carbocycles. The number of carboxylic acids is 2. The van der Waals surface area contributed by atoms with E-state index in [9.17, 15) is 55.7 Å². The third-order valence-corrected chi connectivity index (χ3v) is 29.3. The Kier molecular flexibility index (Phi) is 36.0. The summed E-state index contributed by atoms with van der Waals surface area (Å²) in [6.07, 6.45) is 2.86. The van der Waals surface area contributed by atoms with Gasteiger partial charge in [-0.3, -0.25) is 19.4 Å². The predicted octanol–water partition coefficient (Wildman–Crippen LogP) is 16.3. The SMILES string of the molecule is CNCC(=O)NCCCN1CCC(CCCN2c3ccccc3Sc3ccc(C(F)(F)F)cc32)CC1.NCC(=O)NCCN1CCN(CCCN2c3ccccc3Sc3ccc(C(=O)O)cc32)CC1.NCCN1CCN(CCCN2c3ccccc3Sc3ccc(C(=O)O)cc32)CC1.OCCN1CCC(CCCN2c3ccccc3Sc3ccc(C(F)(F)F)cc32)CC1. The average Bonchev–Trinajstić information content (AvgIpc) is 0.799. The van der Waals surface area contributed by atoms with Crippen molar-refractivity contribution in [2.75, 3.05) is 210 Å². The van der Waals surface area contributed by atoms with Crippen LogP contribution in [0.5, 0.6) is 0 Å². The van der Waals surface area contributed by atoms with E-state index in [4.69, 9.17) is 16.6 Å². The van der Waals surface area contributed by atoms with Crippen LogP contribution >= 0.6 is 47.0 Å². The number of nitrogens with two attached hydrogens (primary N) is 2. The van der Waals surface area contributed by atoms with Gasteiger partial charge in [0.15, 0.2) is 0 Å². The number of piperazine rings is 2. The minimum Gasteiger partial charge on any atom is -0.478 e. The number of fused-ring (bicyclic) bond motifs is 8. The summed E-state index contributed by atoms with van der Waals surface area (Å²) >= 11 is 6.48. The van der Waals surface area contributed by atoms with Crippen molar-refractivity contribution in [3.05, 3.63) is 192 Å². The summed E-state index contributed by atoms with van der Waals surface area (Å²) < 4.78 is 80.2. The number of aliphatic hydroxyl groups is 1. The van der Waals surface area contributed by atoms with Gasteiger partial charge in [0, 0.05) is 157 Å². The van der Waals surface area contributed by atoms with Gasteiger partial charge in [0.2, 0.25) is 11.8 Å². The van der Waals surface area contributed by atoms with Gasteiger partial charge >= 0.3 is 24.3 Å². The zero-order valence-corrected chi connectivity index (χ0v) is 76.2. The number of halogens is 6. The van der Waals surface area contributed by atoms with Gasteiger partial charge in [0.05, 0.1) is 87.4 Å². The van der Waals surface area contributed by atoms with Gasteiger partial charge in [-0.25, -0.2) is 9.59 Å². The van der Waals surface area contributed by atoms with Crippen LogP contribution in [0.15, 0.2) is 209 Å². The van der Waals surface area contributed by atoms with Crippen LogP contribution in [-0.2, 0) is 21.9 Å². The maximum absolute atomic E-state index is 13.4. The standard InChI is InChI=1S/C27H35F3N4OS.C24H31N5O3S.C23H27F3N2OS.C22H28N4O2S/c1-31-19-26(35)32-13-5-14-33-16-11-20(12-17-33)6-4-15-34-22-7-2-3-8-24(22)36-25-10-9-21(18-23(25)34)27(28,29)30;25-17-23(30)26-8-11-28-14-12-27(13-15-28)9-3-10-29-19-4-1-2-5-21(19)33-22-7-6-18(24(31)32)16-20(22)29;24-23(25,26)18-7-8-22-20(16-18)28(19-5-1-2-6-21(19)30-22)11-3-4-17-9-12-27(13-10-17)14-15-29;23-8-11-25-14-12-24(13-15-25)9-3-10-26-18-4-1-2-5-20(18)29-21-7-6-17(22(27)28)16-19(21)26/h2-3,7-10,18,20,31H,4-6,11-17,19H2,1H3,(H,32,35);1-2,4-7,16H,3,8-15,17,25H2,(H,26,30)(H,31,32);1-2,5-8,16-17,29H,3-4,9-15H2;1-2,4-7,16H,3,8-15,23H2,(H,27,28). The Morgan fingerprint density at radius 2 is 0.688 bits per heavy atom. The van der Waals surface area contributed by atoms with Crippen LogP contribution in [-0.4, -0.2) is 259 Å². The first-order chi connectivity index (χ1) is 62.0. The average molecular weight is 1840 g/mol. The number of rotatable bonds is 32. The van der Waals surface area contributed by atoms with Gasteiger partial charge in [0.25, 0.3) is 0 Å². The first kappa shape index (κ1) is 97.0. The zero-order valence-electron chi connectivity index (χ0n) is 72.9. The third kappa shape index (κ3) is 26.9. The molecule has 128 heavy (non-hydrogen) atoms. The second-order valence-corrected chi connectivity index (χ2v) is 37.8. The number of alkyl halides is 6. The number of benzene rings is 8. The number of nitrogens with one attached hydrogen (secondary N) is 3. The van der Waals surface area contributed by atoms with E-state index < -0.39 is 35.4 Å². The Balaban J connectivity index is 0.000000146. The number of aliphatic hydroxyl groups excluding tert-OH is 1. The molecule has 8 aliphatic heterocycles. The van der Waals surface area contributed by atoms with Gasteiger partial charge in [-0.05, 0) is 257 Å². The molecule has 4 fully saturated rings. The van der Waals surface area contributed by atoms with Crippen molar-refractivity contribution in [2.24, 2.45) is 23.3 Å². The lowest BCUT2D eigenvalue weighted by Crippen LogP contribution is -2.49. The van der Waals surface area contributed by atoms with Gasteiger partial charge in [-0.15, -0.1) is 0 Å². The molecule has 32 heteroatoms. The molecule has 0 atom stereocenters. The van der Waals surface area contributed by atoms with Crippen LogP contribution in [0.3, 0.4) is 0 Å². The number of anilines is 8. The lowest BCUT2D eigenvalue weighted by Gasteiger charge is -2.36. The number of likely N-dealkylation sites (tertiary alicyclic amines) is 2. The van der Waals surface area contributed by atoms with E-state index in [1.54, 1.807) is 60.9 Å². The second kappa shape index (κ2) is 47.5. The number of carbonyl (C=O) groups excluding carboxylic acids is 2. The number of para-hydroxylation sites is 4. The number of carbonyl (C=O) groups is 4. The van der Waals surface area contributed by atoms with Crippen LogP contribution in [0.25, 0.3) is 0 Å². The number of β-amino-alcohol motifs (C(OH)–C–C–N with tert-alkyl or cyclic N) is 1. The number of carboxylic acid groups (broad SMARTS) is 2. The third-order valence-electron chi connectivity index (χ3n) is 24.8. The van der Waals surface area contributed by atoms with Crippen molar-refractivity contribution < 1.29 is 60.8 Å². The van der Waals surface area contributed by atoms with E-state index >= 15 is 0 Å². The molecule has 0 aromatic heterocycles. The molecular formula is C96H121F6N15O7S4. The topological polar surface area (TPSA) is 250 Å². The van der Waals surface area contributed by atoms with E-state index in [2.05, 4.69) is 101 Å². The van der Waals surface area contributed by atoms with Crippen LogP contribution in [0.4, 0.5) is 71.8 Å². The fraction of sp³-hybridized carbons (Fsp3) is 0.458. The first-order valence-electron chi connectivity index (χ1n) is 44.9. The molecule has 8 heterocycles. The molecule has 8 aromatic rings. The second-order valence-electron chi connectivity index (χ2n) is 33.4. The zero-order chi connectivity index (χ0) is 90.1. The van der Waals surface area contributed by atoms with Crippen LogP contribution in [0.2, 0.25) is 0 Å². The minimum atomic E-state index is -4.35. The van der Waals surface area contributed by atoms with E-state index in [0.717, 1.165) is 266 Å². The Bertz CT molecular complexity index is 4970. The molecule has 0 bridgehead atoms. The molecule has 4 saturated heterocycles. The van der Waals surface area contributed by atoms with Gasteiger partial charge < -0.3 is 81.9 Å². The van der Waals surface area contributed by atoms with E-state index in [1.807, 2.05) is 78.9 Å². The Labute approximate surface area is 765 Å². The Morgan fingerprint density at radius 3 is 1.05 bits per heavy atom. The van der Waals surface area contributed by atoms with Gasteiger partial charge in [-0.2, -0.15) is 26.3 Å². The normalized spacial score (nSPS) is 16.8. The monoisotopic (exact) mass is 1840 g/mol. The summed E-state index contributed by atoms with van der Waals surface area (Å²) in [5, 5.41) is 36.6. The lowest BCUT2D eigenvalue weighted by atomic mass is 9.92. The fourth-order valence-corrected chi connectivity index (χ4v) is 22.2. The molecule has 8 aliphatic rings. The minimum absolute atomic E-state index is 0.0309. The molecule has 0 radical (unpaired) electrons. The summed E-state index contributed by atoms with van der Waals surface area (Å²) in [5.41, 5.74) is 18.0. The first-order valence-corrected chi connectivity index (χ1v) is 48.2. The van der Waals surface area contributed by atoms with Crippen LogP contribution in [0, 0.1) is 11.8 Å². The number of hydrogen-bond acceptors (Lipinski definition) is 22. The number of hydrogen-bond donors (Lipinski definition) is 8. The van der Waals surface area contributed by atoms with Crippen molar-refractivity contribution in [2.45, 2.75) is 122 Å². The summed E-state index contributed by atoms with van der Waals surface area (Å²) in [6, 6.07) is 51.6. The van der Waals surface area contributed by atoms with Crippen molar-refractivity contribution in [3.8, 4) is 0 Å². The smallest absolute Gasteiger partial charge is 0.416 e. The Hall–Kier alpha value is -8.58. The highest BCUT2D eigenvalue weighted by molar-refractivity contribution is 8.00. The number of amides is 2. The van der Waals surface area contributed by atoms with Crippen molar-refractivity contribution in [1.82, 2.24) is 45.3 Å². The summed E-state index contributed by atoms with van der Waals surface area (Å²) in [7, 11) is 1.76. The van der Waals surface area contributed by atoms with Crippen molar-refractivity contribution in [1.29, 1.82) is 0 Å². The van der Waals surface area contributed by atoms with E-state index in [0.29, 0.717) is 67.1 Å². The number of piperidine rings is 2. The molecule has 688 valence electrons. The van der Waals surface area contributed by atoms with Gasteiger partial charge in [-0.1, -0.05) is 95.6 Å². The maximum atomic E-state index is 13.4. The number of aromatic carboxylic acids is 2. The molecule has 2 amide bonds. The molecule has 0 spiro atoms. The van der Waals surface area contributed by atoms with Crippen LogP contribution in [0.1, 0.15) is 102 Å². The van der Waals surface area contributed by atoms with Gasteiger partial charge in [0.1, 0.15) is 0 Å². The number of likely N-dealkylation sites (N-methyl/N-ethyl adjacent to an activating group) is 1. The maximum Gasteiger partial charge on any atom is 0.416 e. The molecule has 16 rings (SSSR count). The molecule has 10 N–H and O–H groups in total. The molecule has 0 unspecified atom stereocenters. The van der Waals surface area contributed by atoms with Crippen LogP contribution < -0.4 is 47.0 Å². The summed E-state index contributed by atoms with van der Waals surface area (Å²) in [5.74, 6) is -0.567. The highest BCUT2D eigenvalue weighted by Gasteiger charge is 2.37. The summed E-state index contributed by atoms with van der Waals surface area (Å²) in [4.78, 5) is 77.6. The number of nitrogens with zero attached hydrogens (tertiary/aromatic N) is 10. The molecule has 8 aromatic carbocycles. The summed E-state index contributed by atoms with van der Waals surface area (Å²) in [6.45, 7) is 23.9. The van der Waals surface area contributed by atoms with E-state index in [-0.39, 0.29) is 25.0 Å². The van der Waals surface area contributed by atoms with Crippen molar-refractivity contribution >= 4 is 116 Å². The predicted molar refractivity (Wildman–Crippen MR) is 502 cm³/mol. The largest absolute Gasteiger partial charge is 0.478 e. The lowest BCUT2D eigenvalue weighted by molar-refractivity contribution is -0.138. The molecule has 0 saturated carbocycles. The Morgan fingerprint density at radius 1 is 0.367 bits per heavy atom. The molecule has 22 nitrogen and oxygen atoms in total. The highest BCUT2D eigenvalue weighted by atomic mass is 32.2. The fourth-order valence-electron chi connectivity index (χ4n) is 17.9. The molecular weight excluding hydrogens is 1720 g/mol. The van der Waals surface area contributed by atoms with Crippen molar-refractivity contribution in [3.63, 3.8) is 0 Å². The highest BCUT2D eigenvalue weighted by Crippen LogP contribution is 2.54. The van der Waals surface area contributed by atoms with E-state index in [1.165, 1.54) is 63.3 Å². The quantitative estimate of drug-likeness (QED) is 0.0144.